The fraction of sp³-hybridized carbons (Fsp3) is 0.231. The summed E-state index contributed by atoms with van der Waals surface area (Å²) in [6.07, 6.45) is 0.545. The van der Waals surface area contributed by atoms with Crippen molar-refractivity contribution >= 4 is 34.8 Å². The number of anilines is 2. The molecule has 5 rings (SSSR count). The van der Waals surface area contributed by atoms with Gasteiger partial charge >= 0.3 is 0 Å². The molecule has 0 N–H and O–H groups in total. The van der Waals surface area contributed by atoms with Crippen LogP contribution in [0.25, 0.3) is 0 Å². The third kappa shape index (κ3) is 2.82. The Hall–Kier alpha value is -3.11. The van der Waals surface area contributed by atoms with Crippen molar-refractivity contribution in [3.8, 4) is 0 Å². The lowest BCUT2D eigenvalue weighted by atomic mass is 9.72. The van der Waals surface area contributed by atoms with Crippen LogP contribution in [0.1, 0.15) is 34.8 Å². The molecular weight excluding hydrogens is 408 g/mol. The second kappa shape index (κ2) is 7.24. The number of alkyl halides is 1. The molecule has 3 aromatic carbocycles. The van der Waals surface area contributed by atoms with Crippen LogP contribution in [-0.2, 0) is 10.3 Å². The molecule has 1 fully saturated rings. The molecule has 0 unspecified atom stereocenters. The maximum atomic E-state index is 13.6. The van der Waals surface area contributed by atoms with Crippen molar-refractivity contribution in [3.05, 3.63) is 95.6 Å². The predicted octanol–water partition coefficient (Wildman–Crippen LogP) is 5.28. The number of hydrogen-bond acceptors (Lipinski definition) is 2. The number of rotatable bonds is 2. The van der Waals surface area contributed by atoms with E-state index in [2.05, 4.69) is 0 Å². The summed E-state index contributed by atoms with van der Waals surface area (Å²) < 4.78 is 0. The van der Waals surface area contributed by atoms with Gasteiger partial charge in [-0.3, -0.25) is 14.5 Å². The molecule has 2 aliphatic heterocycles. The summed E-state index contributed by atoms with van der Waals surface area (Å²) in [6.45, 7) is 4.07. The van der Waals surface area contributed by atoms with E-state index < -0.39 is 10.9 Å². The second-order valence-electron chi connectivity index (χ2n) is 8.41. The highest BCUT2D eigenvalue weighted by molar-refractivity contribution is 6.38. The van der Waals surface area contributed by atoms with E-state index in [1.807, 2.05) is 97.6 Å². The van der Waals surface area contributed by atoms with Crippen LogP contribution in [-0.4, -0.2) is 23.2 Å². The molecule has 3 atom stereocenters. The molecule has 3 aromatic rings. The number of benzene rings is 3. The zero-order valence-corrected chi connectivity index (χ0v) is 18.2. The van der Waals surface area contributed by atoms with E-state index in [4.69, 9.17) is 11.6 Å². The average molecular weight is 431 g/mol. The van der Waals surface area contributed by atoms with Gasteiger partial charge in [0.2, 0.25) is 5.91 Å². The van der Waals surface area contributed by atoms with Crippen LogP contribution in [0.3, 0.4) is 0 Å². The molecule has 0 aromatic heterocycles. The van der Waals surface area contributed by atoms with Gasteiger partial charge in [-0.25, -0.2) is 0 Å². The fourth-order valence-corrected chi connectivity index (χ4v) is 5.40. The third-order valence-electron chi connectivity index (χ3n) is 6.48. The van der Waals surface area contributed by atoms with Gasteiger partial charge in [0.05, 0.1) is 11.4 Å². The summed E-state index contributed by atoms with van der Waals surface area (Å²) in [6, 6.07) is 24.9. The zero-order valence-electron chi connectivity index (χ0n) is 17.5. The van der Waals surface area contributed by atoms with Crippen molar-refractivity contribution in [2.45, 2.75) is 37.2 Å². The van der Waals surface area contributed by atoms with E-state index in [1.165, 1.54) is 0 Å². The highest BCUT2D eigenvalue weighted by Gasteiger charge is 2.63. The predicted molar refractivity (Wildman–Crippen MR) is 124 cm³/mol. The van der Waals surface area contributed by atoms with Crippen LogP contribution in [0.2, 0.25) is 0 Å². The summed E-state index contributed by atoms with van der Waals surface area (Å²) in [5.74, 6) is -0.212. The molecule has 2 amide bonds. The molecule has 2 aliphatic rings. The Balaban J connectivity index is 1.70. The summed E-state index contributed by atoms with van der Waals surface area (Å²) in [7, 11) is 0. The molecule has 0 aliphatic carbocycles. The van der Waals surface area contributed by atoms with Crippen LogP contribution >= 0.6 is 11.6 Å². The summed E-state index contributed by atoms with van der Waals surface area (Å²) >= 11 is 6.76. The Morgan fingerprint density at radius 3 is 2.23 bits per heavy atom. The zero-order chi connectivity index (χ0) is 21.8. The van der Waals surface area contributed by atoms with Crippen LogP contribution in [0.5, 0.6) is 0 Å². The van der Waals surface area contributed by atoms with Crippen molar-refractivity contribution in [3.63, 3.8) is 0 Å². The highest BCUT2D eigenvalue weighted by Crippen LogP contribution is 2.55. The van der Waals surface area contributed by atoms with Crippen LogP contribution in [0.4, 0.5) is 11.4 Å². The minimum absolute atomic E-state index is 0.0827. The number of β-lactam (4-membered cyclic amide) rings is 1. The standard InChI is InChI=1S/C26H23ClN2O2/c1-17-12-14-20(15-13-17)26-16-18(2)28(24(30)19-8-4-3-5-9-19)21-10-6-7-11-22(21)29(26)25(31)23(26)27/h3-15,18,23H,16H2,1-2H3/t18-,23-,26+/m1/s1. The Bertz CT molecular complexity index is 1160. The Morgan fingerprint density at radius 2 is 1.55 bits per heavy atom. The number of carbonyl (C=O) groups is 2. The number of para-hydroxylation sites is 2. The Kier molecular flexibility index (Phi) is 4.63. The monoisotopic (exact) mass is 430 g/mol. The normalized spacial score (nSPS) is 24.7. The van der Waals surface area contributed by atoms with Gasteiger partial charge in [0, 0.05) is 11.6 Å². The maximum Gasteiger partial charge on any atom is 0.258 e. The quantitative estimate of drug-likeness (QED) is 0.409. The van der Waals surface area contributed by atoms with Crippen LogP contribution in [0, 0.1) is 6.92 Å². The van der Waals surface area contributed by atoms with E-state index in [1.54, 1.807) is 4.90 Å². The van der Waals surface area contributed by atoms with E-state index in [9.17, 15) is 9.59 Å². The maximum absolute atomic E-state index is 13.6. The topological polar surface area (TPSA) is 40.6 Å². The SMILES string of the molecule is Cc1ccc([C@]23C[C@@H](C)N(C(=O)c4ccccc4)c4ccccc4N2C(=O)[C@H]3Cl)cc1. The Morgan fingerprint density at radius 1 is 0.935 bits per heavy atom. The van der Waals surface area contributed by atoms with Gasteiger partial charge in [0.25, 0.3) is 5.91 Å². The van der Waals surface area contributed by atoms with E-state index in [0.29, 0.717) is 12.0 Å². The first-order valence-corrected chi connectivity index (χ1v) is 10.9. The largest absolute Gasteiger partial charge is 0.303 e. The van der Waals surface area contributed by atoms with E-state index in [-0.39, 0.29) is 17.9 Å². The van der Waals surface area contributed by atoms with Gasteiger partial charge in [-0.2, -0.15) is 0 Å². The minimum Gasteiger partial charge on any atom is -0.303 e. The van der Waals surface area contributed by atoms with Crippen LogP contribution < -0.4 is 9.80 Å². The lowest BCUT2D eigenvalue weighted by molar-refractivity contribution is -0.127. The van der Waals surface area contributed by atoms with E-state index >= 15 is 0 Å². The van der Waals surface area contributed by atoms with Crippen molar-refractivity contribution in [2.24, 2.45) is 0 Å². The van der Waals surface area contributed by atoms with E-state index in [0.717, 1.165) is 22.5 Å². The molecule has 4 nitrogen and oxygen atoms in total. The molecule has 0 bridgehead atoms. The summed E-state index contributed by atoms with van der Waals surface area (Å²) in [5.41, 5.74) is 3.51. The highest BCUT2D eigenvalue weighted by atomic mass is 35.5. The van der Waals surface area contributed by atoms with Gasteiger partial charge < -0.3 is 4.90 Å². The molecule has 2 heterocycles. The molecule has 31 heavy (non-hydrogen) atoms. The first-order valence-electron chi connectivity index (χ1n) is 10.5. The number of amides is 2. The molecule has 0 saturated carbocycles. The number of fused-ring (bicyclic) bond motifs is 3. The van der Waals surface area contributed by atoms with Gasteiger partial charge in [-0.1, -0.05) is 60.2 Å². The number of nitrogens with zero attached hydrogens (tertiary/aromatic N) is 2. The molecule has 1 saturated heterocycles. The van der Waals surface area contributed by atoms with Gasteiger partial charge in [-0.15, -0.1) is 11.6 Å². The first-order chi connectivity index (χ1) is 14.9. The molecule has 156 valence electrons. The van der Waals surface area contributed by atoms with Crippen LogP contribution in [0.15, 0.2) is 78.9 Å². The van der Waals surface area contributed by atoms with Gasteiger partial charge in [-0.05, 0) is 50.1 Å². The smallest absolute Gasteiger partial charge is 0.258 e. The van der Waals surface area contributed by atoms with Crippen molar-refractivity contribution in [1.82, 2.24) is 0 Å². The molecule has 0 spiro atoms. The fourth-order valence-electron chi connectivity index (χ4n) is 4.99. The third-order valence-corrected chi connectivity index (χ3v) is 7.02. The number of hydrogen-bond donors (Lipinski definition) is 0. The van der Waals surface area contributed by atoms with Crippen molar-refractivity contribution < 1.29 is 9.59 Å². The number of halogens is 1. The second-order valence-corrected chi connectivity index (χ2v) is 8.85. The molecule has 0 radical (unpaired) electrons. The van der Waals surface area contributed by atoms with Crippen molar-refractivity contribution in [2.75, 3.05) is 9.80 Å². The molecule has 5 heteroatoms. The Labute approximate surface area is 187 Å². The summed E-state index contributed by atoms with van der Waals surface area (Å²) in [5, 5.41) is -0.683. The first kappa shape index (κ1) is 19.8. The number of carbonyl (C=O) groups excluding carboxylic acids is 2. The lowest BCUT2D eigenvalue weighted by Crippen LogP contribution is -2.71. The summed E-state index contributed by atoms with van der Waals surface area (Å²) in [4.78, 5) is 30.3. The lowest BCUT2D eigenvalue weighted by Gasteiger charge is -2.55. The average Bonchev–Trinajstić information content (AvgIpc) is 2.90. The van der Waals surface area contributed by atoms with Gasteiger partial charge in [0.1, 0.15) is 10.9 Å². The van der Waals surface area contributed by atoms with Gasteiger partial charge in [0.15, 0.2) is 0 Å². The minimum atomic E-state index is -0.701. The molecular formula is C26H23ClN2O2. The van der Waals surface area contributed by atoms with Crippen molar-refractivity contribution in [1.29, 1.82) is 0 Å². The number of aryl methyl sites for hydroxylation is 1.